The summed E-state index contributed by atoms with van der Waals surface area (Å²) < 4.78 is 0. The van der Waals surface area contributed by atoms with E-state index < -0.39 is 0 Å². The van der Waals surface area contributed by atoms with Gasteiger partial charge in [-0.3, -0.25) is 9.88 Å². The average molecular weight is 351 g/mol. The number of nitrogens with zero attached hydrogens (tertiary/aromatic N) is 4. The number of likely N-dealkylation sites (tertiary alicyclic amines) is 1. The molecule has 0 radical (unpaired) electrons. The molecule has 0 bridgehead atoms. The van der Waals surface area contributed by atoms with Gasteiger partial charge in [-0.1, -0.05) is 23.9 Å². The first-order chi connectivity index (χ1) is 12.3. The van der Waals surface area contributed by atoms with Gasteiger partial charge in [0.05, 0.1) is 5.69 Å². The smallest absolute Gasteiger partial charge is 0.187 e. The largest absolute Gasteiger partial charge is 0.380 e. The zero-order chi connectivity index (χ0) is 17.1. The summed E-state index contributed by atoms with van der Waals surface area (Å²) in [5, 5.41) is 6.97. The molecule has 3 aromatic rings. The Balaban J connectivity index is 1.42. The van der Waals surface area contributed by atoms with Crippen molar-refractivity contribution in [2.75, 3.05) is 24.7 Å². The molecule has 0 saturated carbocycles. The van der Waals surface area contributed by atoms with Crippen molar-refractivity contribution in [3.63, 3.8) is 0 Å². The normalized spacial score (nSPS) is 17.9. The van der Waals surface area contributed by atoms with E-state index in [-0.39, 0.29) is 0 Å². The summed E-state index contributed by atoms with van der Waals surface area (Å²) in [6.45, 7) is 3.00. The van der Waals surface area contributed by atoms with E-state index in [0.29, 0.717) is 6.04 Å². The topological polar surface area (TPSA) is 53.9 Å². The quantitative estimate of drug-likeness (QED) is 0.561. The number of benzene rings is 1. The Labute approximate surface area is 151 Å². The maximum Gasteiger partial charge on any atom is 0.187 e. The Hall–Kier alpha value is -2.18. The molecule has 2 aromatic heterocycles. The molecule has 1 unspecified atom stereocenters. The minimum absolute atomic E-state index is 0.459. The van der Waals surface area contributed by atoms with E-state index in [1.54, 1.807) is 11.8 Å². The Morgan fingerprint density at radius 1 is 1.24 bits per heavy atom. The molecule has 1 fully saturated rings. The molecule has 1 saturated heterocycles. The van der Waals surface area contributed by atoms with Crippen LogP contribution in [0.15, 0.2) is 54.1 Å². The van der Waals surface area contributed by atoms with Crippen LogP contribution >= 0.6 is 11.8 Å². The van der Waals surface area contributed by atoms with E-state index in [2.05, 4.69) is 49.4 Å². The molecule has 128 valence electrons. The van der Waals surface area contributed by atoms with Crippen LogP contribution < -0.4 is 5.32 Å². The number of hydrogen-bond acceptors (Lipinski definition) is 6. The van der Waals surface area contributed by atoms with Crippen LogP contribution in [0.3, 0.4) is 0 Å². The third-order valence-corrected chi connectivity index (χ3v) is 5.13. The molecule has 1 N–H and O–H groups in total. The summed E-state index contributed by atoms with van der Waals surface area (Å²) >= 11 is 1.59. The molecule has 1 atom stereocenters. The molecule has 0 aliphatic carbocycles. The third-order valence-electron chi connectivity index (χ3n) is 4.57. The van der Waals surface area contributed by atoms with Crippen LogP contribution in [0, 0.1) is 0 Å². The van der Waals surface area contributed by atoms with Gasteiger partial charge in [0.2, 0.25) is 0 Å². The van der Waals surface area contributed by atoms with E-state index >= 15 is 0 Å². The lowest BCUT2D eigenvalue weighted by Gasteiger charge is -2.18. The first kappa shape index (κ1) is 16.3. The maximum absolute atomic E-state index is 4.59. The van der Waals surface area contributed by atoms with Crippen molar-refractivity contribution in [1.29, 1.82) is 0 Å². The van der Waals surface area contributed by atoms with Gasteiger partial charge in [-0.05, 0) is 30.9 Å². The Morgan fingerprint density at radius 3 is 3.12 bits per heavy atom. The summed E-state index contributed by atoms with van der Waals surface area (Å²) in [5.74, 6) is 0. The van der Waals surface area contributed by atoms with Gasteiger partial charge < -0.3 is 5.32 Å². The first-order valence-electron chi connectivity index (χ1n) is 8.49. The second kappa shape index (κ2) is 7.37. The van der Waals surface area contributed by atoms with Crippen LogP contribution in [-0.4, -0.2) is 45.2 Å². The molecule has 3 heterocycles. The highest BCUT2D eigenvalue weighted by atomic mass is 32.2. The lowest BCUT2D eigenvalue weighted by molar-refractivity contribution is 0.323. The van der Waals surface area contributed by atoms with Gasteiger partial charge in [0, 0.05) is 60.7 Å². The number of rotatable bonds is 5. The van der Waals surface area contributed by atoms with Crippen molar-refractivity contribution in [2.45, 2.75) is 24.2 Å². The number of fused-ring (bicyclic) bond motifs is 1. The predicted octanol–water partition coefficient (Wildman–Crippen LogP) is 3.43. The molecule has 4 rings (SSSR count). The van der Waals surface area contributed by atoms with Crippen LogP contribution in [0.5, 0.6) is 0 Å². The van der Waals surface area contributed by atoms with Crippen molar-refractivity contribution in [2.24, 2.45) is 0 Å². The number of pyridine rings is 1. The van der Waals surface area contributed by atoms with E-state index in [1.165, 1.54) is 16.5 Å². The fraction of sp³-hybridized carbons (Fsp3) is 0.316. The van der Waals surface area contributed by atoms with Gasteiger partial charge in [0.25, 0.3) is 0 Å². The highest BCUT2D eigenvalue weighted by molar-refractivity contribution is 7.98. The lowest BCUT2D eigenvalue weighted by atomic mass is 10.1. The second-order valence-corrected chi connectivity index (χ2v) is 7.08. The van der Waals surface area contributed by atoms with E-state index in [4.69, 9.17) is 0 Å². The molecule has 0 amide bonds. The molecule has 0 spiro atoms. The summed E-state index contributed by atoms with van der Waals surface area (Å²) in [6, 6.07) is 10.9. The highest BCUT2D eigenvalue weighted by Gasteiger charge is 2.23. The third kappa shape index (κ3) is 3.75. The summed E-state index contributed by atoms with van der Waals surface area (Å²) in [5.41, 5.74) is 2.29. The van der Waals surface area contributed by atoms with Gasteiger partial charge in [0.15, 0.2) is 5.16 Å². The van der Waals surface area contributed by atoms with Crippen molar-refractivity contribution < 1.29 is 0 Å². The van der Waals surface area contributed by atoms with E-state index in [0.717, 1.165) is 36.9 Å². The van der Waals surface area contributed by atoms with Crippen LogP contribution in [0.4, 0.5) is 5.69 Å². The highest BCUT2D eigenvalue weighted by Crippen LogP contribution is 2.25. The van der Waals surface area contributed by atoms with Crippen LogP contribution in [0.1, 0.15) is 12.1 Å². The number of hydrogen-bond donors (Lipinski definition) is 1. The van der Waals surface area contributed by atoms with Gasteiger partial charge in [-0.2, -0.15) is 0 Å². The lowest BCUT2D eigenvalue weighted by Crippen LogP contribution is -2.26. The van der Waals surface area contributed by atoms with Crippen LogP contribution in [-0.2, 0) is 6.54 Å². The van der Waals surface area contributed by atoms with Crippen molar-refractivity contribution in [3.05, 3.63) is 54.6 Å². The summed E-state index contributed by atoms with van der Waals surface area (Å²) in [7, 11) is 0. The SMILES string of the molecule is CSc1nccc(CN2CCC(Nc3cccc4cnccc34)C2)n1. The molecule has 1 aliphatic heterocycles. The maximum atomic E-state index is 4.59. The minimum atomic E-state index is 0.459. The van der Waals surface area contributed by atoms with Gasteiger partial charge in [-0.25, -0.2) is 9.97 Å². The molecular weight excluding hydrogens is 330 g/mol. The first-order valence-corrected chi connectivity index (χ1v) is 9.72. The predicted molar refractivity (Wildman–Crippen MR) is 103 cm³/mol. The van der Waals surface area contributed by atoms with Crippen molar-refractivity contribution >= 4 is 28.2 Å². The Bertz CT molecular complexity index is 864. The zero-order valence-corrected chi connectivity index (χ0v) is 15.0. The van der Waals surface area contributed by atoms with Crippen molar-refractivity contribution in [3.8, 4) is 0 Å². The zero-order valence-electron chi connectivity index (χ0n) is 14.2. The van der Waals surface area contributed by atoms with E-state index in [9.17, 15) is 0 Å². The number of thioether (sulfide) groups is 1. The van der Waals surface area contributed by atoms with Crippen molar-refractivity contribution in [1.82, 2.24) is 19.9 Å². The number of anilines is 1. The Kier molecular flexibility index (Phi) is 4.81. The number of aromatic nitrogens is 3. The molecule has 6 heteroatoms. The van der Waals surface area contributed by atoms with Gasteiger partial charge in [0.1, 0.15) is 0 Å². The summed E-state index contributed by atoms with van der Waals surface area (Å²) in [6.07, 6.45) is 8.77. The van der Waals surface area contributed by atoms with Crippen LogP contribution in [0.25, 0.3) is 10.8 Å². The fourth-order valence-electron chi connectivity index (χ4n) is 3.35. The average Bonchev–Trinajstić information content (AvgIpc) is 3.09. The monoisotopic (exact) mass is 351 g/mol. The standard InChI is InChI=1S/C19H21N5S/c1-25-19-21-9-5-15(23-19)12-24-10-7-16(13-24)22-18-4-2-3-14-11-20-8-6-17(14)18/h2-6,8-9,11,16,22H,7,10,12-13H2,1H3. The van der Waals surface area contributed by atoms with Gasteiger partial charge >= 0.3 is 0 Å². The molecule has 5 nitrogen and oxygen atoms in total. The molecular formula is C19H21N5S. The van der Waals surface area contributed by atoms with E-state index in [1.807, 2.05) is 30.9 Å². The van der Waals surface area contributed by atoms with Gasteiger partial charge in [-0.15, -0.1) is 0 Å². The molecule has 1 aliphatic rings. The fourth-order valence-corrected chi connectivity index (χ4v) is 3.73. The second-order valence-electron chi connectivity index (χ2n) is 6.30. The number of nitrogens with one attached hydrogen (secondary N) is 1. The molecule has 1 aromatic carbocycles. The minimum Gasteiger partial charge on any atom is -0.380 e. The Morgan fingerprint density at radius 2 is 2.20 bits per heavy atom. The summed E-state index contributed by atoms with van der Waals surface area (Å²) in [4.78, 5) is 15.5. The molecule has 25 heavy (non-hydrogen) atoms. The van der Waals surface area contributed by atoms with Crippen LogP contribution in [0.2, 0.25) is 0 Å².